The Kier molecular flexibility index (Phi) is 3.11. The van der Waals surface area contributed by atoms with Crippen LogP contribution in [0.25, 0.3) is 0 Å². The predicted molar refractivity (Wildman–Crippen MR) is 65.3 cm³/mol. The molecule has 0 aromatic heterocycles. The van der Waals surface area contributed by atoms with Crippen LogP contribution >= 0.6 is 0 Å². The molecule has 0 atom stereocenters. The normalized spacial score (nSPS) is 18.5. The fourth-order valence-corrected chi connectivity index (χ4v) is 2.60. The lowest BCUT2D eigenvalue weighted by Gasteiger charge is -2.42. The molecule has 0 radical (unpaired) electrons. The number of nitrogens with one attached hydrogen (secondary N) is 1. The number of hydrogen-bond donors (Lipinski definition) is 1. The Balaban J connectivity index is 2.19. The molecule has 0 unspecified atom stereocenters. The number of aryl methyl sites for hydroxylation is 1. The van der Waals surface area contributed by atoms with E-state index in [2.05, 4.69) is 43.6 Å². The van der Waals surface area contributed by atoms with Gasteiger partial charge in [0.05, 0.1) is 0 Å². The van der Waals surface area contributed by atoms with Crippen LogP contribution in [0.4, 0.5) is 0 Å². The van der Waals surface area contributed by atoms with E-state index in [0.29, 0.717) is 5.41 Å². The zero-order valence-corrected chi connectivity index (χ0v) is 9.84. The Bertz CT molecular complexity index is 309. The van der Waals surface area contributed by atoms with Gasteiger partial charge in [0.25, 0.3) is 0 Å². The monoisotopic (exact) mass is 203 g/mol. The molecule has 1 aliphatic carbocycles. The van der Waals surface area contributed by atoms with Gasteiger partial charge in [-0.15, -0.1) is 0 Å². The quantitative estimate of drug-likeness (QED) is 0.793. The average molecular weight is 203 g/mol. The summed E-state index contributed by atoms with van der Waals surface area (Å²) in [6.45, 7) is 3.33. The molecule has 1 aromatic carbocycles. The van der Waals surface area contributed by atoms with Crippen LogP contribution in [0, 0.1) is 0 Å². The van der Waals surface area contributed by atoms with Gasteiger partial charge in [-0.25, -0.2) is 0 Å². The molecule has 82 valence electrons. The molecular weight excluding hydrogens is 182 g/mol. The van der Waals surface area contributed by atoms with E-state index in [1.54, 1.807) is 0 Å². The van der Waals surface area contributed by atoms with E-state index in [4.69, 9.17) is 0 Å². The molecule has 1 fully saturated rings. The van der Waals surface area contributed by atoms with Crippen LogP contribution in [0.1, 0.15) is 37.3 Å². The maximum atomic E-state index is 3.34. The molecule has 0 bridgehead atoms. The summed E-state index contributed by atoms with van der Waals surface area (Å²) in [4.78, 5) is 0. The first-order chi connectivity index (χ1) is 7.30. The Morgan fingerprint density at radius 1 is 1.20 bits per heavy atom. The highest BCUT2D eigenvalue weighted by molar-refractivity contribution is 5.31. The molecule has 1 aromatic rings. The first-order valence-corrected chi connectivity index (χ1v) is 6.05. The van der Waals surface area contributed by atoms with Crippen molar-refractivity contribution in [3.8, 4) is 0 Å². The van der Waals surface area contributed by atoms with Crippen LogP contribution in [0.3, 0.4) is 0 Å². The fraction of sp³-hybridized carbons (Fsp3) is 0.571. The second kappa shape index (κ2) is 4.36. The van der Waals surface area contributed by atoms with Crippen molar-refractivity contribution in [3.05, 3.63) is 35.4 Å². The molecular formula is C14H21N. The van der Waals surface area contributed by atoms with Crippen molar-refractivity contribution in [3.63, 3.8) is 0 Å². The number of likely N-dealkylation sites (N-methyl/N-ethyl adjacent to an activating group) is 1. The minimum absolute atomic E-state index is 0.445. The van der Waals surface area contributed by atoms with Crippen molar-refractivity contribution < 1.29 is 0 Å². The van der Waals surface area contributed by atoms with Crippen LogP contribution < -0.4 is 5.32 Å². The highest BCUT2D eigenvalue weighted by Gasteiger charge is 2.37. The Morgan fingerprint density at radius 2 is 1.87 bits per heavy atom. The van der Waals surface area contributed by atoms with Gasteiger partial charge in [0, 0.05) is 12.0 Å². The summed E-state index contributed by atoms with van der Waals surface area (Å²) in [5.74, 6) is 0. The van der Waals surface area contributed by atoms with Crippen molar-refractivity contribution in [2.75, 3.05) is 13.6 Å². The zero-order chi connectivity index (χ0) is 10.7. The van der Waals surface area contributed by atoms with E-state index in [9.17, 15) is 0 Å². The highest BCUT2D eigenvalue weighted by atomic mass is 14.8. The van der Waals surface area contributed by atoms with Gasteiger partial charge in [0.2, 0.25) is 0 Å². The second-order valence-corrected chi connectivity index (χ2v) is 4.71. The minimum atomic E-state index is 0.445. The minimum Gasteiger partial charge on any atom is -0.319 e. The van der Waals surface area contributed by atoms with E-state index in [0.717, 1.165) is 13.0 Å². The molecule has 0 saturated heterocycles. The van der Waals surface area contributed by atoms with E-state index in [-0.39, 0.29) is 0 Å². The lowest BCUT2D eigenvalue weighted by atomic mass is 9.64. The van der Waals surface area contributed by atoms with E-state index in [1.807, 2.05) is 0 Å². The van der Waals surface area contributed by atoms with E-state index >= 15 is 0 Å². The van der Waals surface area contributed by atoms with Crippen LogP contribution in [-0.2, 0) is 11.8 Å². The summed E-state index contributed by atoms with van der Waals surface area (Å²) in [6.07, 6.45) is 5.22. The van der Waals surface area contributed by atoms with Crippen molar-refractivity contribution in [1.29, 1.82) is 0 Å². The standard InChI is InChI=1S/C14H21N/c1-3-12-5-7-13(8-6-12)14(11-15-2)9-4-10-14/h5-8,15H,3-4,9-11H2,1-2H3. The summed E-state index contributed by atoms with van der Waals surface area (Å²) in [5.41, 5.74) is 3.42. The van der Waals surface area contributed by atoms with Gasteiger partial charge in [-0.2, -0.15) is 0 Å². The summed E-state index contributed by atoms with van der Waals surface area (Å²) in [7, 11) is 2.06. The summed E-state index contributed by atoms with van der Waals surface area (Å²) >= 11 is 0. The third-order valence-electron chi connectivity index (χ3n) is 3.80. The van der Waals surface area contributed by atoms with Gasteiger partial charge in [0.15, 0.2) is 0 Å². The first-order valence-electron chi connectivity index (χ1n) is 6.05. The molecule has 1 aliphatic rings. The number of hydrogen-bond acceptors (Lipinski definition) is 1. The lowest BCUT2D eigenvalue weighted by molar-refractivity contribution is 0.239. The molecule has 0 spiro atoms. The zero-order valence-electron chi connectivity index (χ0n) is 9.84. The van der Waals surface area contributed by atoms with Gasteiger partial charge < -0.3 is 5.32 Å². The first kappa shape index (κ1) is 10.7. The molecule has 1 N–H and O–H groups in total. The smallest absolute Gasteiger partial charge is 0.00776 e. The van der Waals surface area contributed by atoms with Crippen molar-refractivity contribution >= 4 is 0 Å². The largest absolute Gasteiger partial charge is 0.319 e. The van der Waals surface area contributed by atoms with Gasteiger partial charge in [-0.05, 0) is 37.4 Å². The Labute approximate surface area is 92.9 Å². The molecule has 0 aliphatic heterocycles. The average Bonchev–Trinajstić information content (AvgIpc) is 2.24. The van der Waals surface area contributed by atoms with Crippen LogP contribution in [0.5, 0.6) is 0 Å². The maximum Gasteiger partial charge on any atom is 0.00776 e. The fourth-order valence-electron chi connectivity index (χ4n) is 2.60. The molecule has 1 nitrogen and oxygen atoms in total. The van der Waals surface area contributed by atoms with E-state index < -0.39 is 0 Å². The Morgan fingerprint density at radius 3 is 2.27 bits per heavy atom. The van der Waals surface area contributed by atoms with Crippen molar-refractivity contribution in [2.45, 2.75) is 38.0 Å². The summed E-state index contributed by atoms with van der Waals surface area (Å²) in [5, 5.41) is 3.34. The topological polar surface area (TPSA) is 12.0 Å². The van der Waals surface area contributed by atoms with Crippen LogP contribution in [0.15, 0.2) is 24.3 Å². The third-order valence-corrected chi connectivity index (χ3v) is 3.80. The molecule has 0 amide bonds. The molecule has 1 heteroatoms. The van der Waals surface area contributed by atoms with Gasteiger partial charge in [-0.3, -0.25) is 0 Å². The summed E-state index contributed by atoms with van der Waals surface area (Å²) < 4.78 is 0. The van der Waals surface area contributed by atoms with Gasteiger partial charge >= 0.3 is 0 Å². The summed E-state index contributed by atoms with van der Waals surface area (Å²) in [6, 6.07) is 9.22. The SMILES string of the molecule is CCc1ccc(C2(CNC)CCC2)cc1. The molecule has 2 rings (SSSR count). The predicted octanol–water partition coefficient (Wildman–Crippen LogP) is 2.89. The number of rotatable bonds is 4. The van der Waals surface area contributed by atoms with Crippen LogP contribution in [-0.4, -0.2) is 13.6 Å². The van der Waals surface area contributed by atoms with Gasteiger partial charge in [0.1, 0.15) is 0 Å². The van der Waals surface area contributed by atoms with E-state index in [1.165, 1.54) is 30.4 Å². The number of benzene rings is 1. The third kappa shape index (κ3) is 1.93. The second-order valence-electron chi connectivity index (χ2n) is 4.71. The lowest BCUT2D eigenvalue weighted by Crippen LogP contribution is -2.42. The molecule has 15 heavy (non-hydrogen) atoms. The van der Waals surface area contributed by atoms with Crippen molar-refractivity contribution in [2.24, 2.45) is 0 Å². The highest BCUT2D eigenvalue weighted by Crippen LogP contribution is 2.43. The maximum absolute atomic E-state index is 3.34. The van der Waals surface area contributed by atoms with Crippen LogP contribution in [0.2, 0.25) is 0 Å². The molecule has 0 heterocycles. The molecule has 1 saturated carbocycles. The van der Waals surface area contributed by atoms with Crippen molar-refractivity contribution in [1.82, 2.24) is 5.32 Å². The van der Waals surface area contributed by atoms with Gasteiger partial charge in [-0.1, -0.05) is 37.6 Å². The Hall–Kier alpha value is -0.820.